The molecule has 1 radical (unpaired) electrons. The molecule has 0 fully saturated rings. The highest BCUT2D eigenvalue weighted by atomic mass is 28.3. The topological polar surface area (TPSA) is 44.5 Å². The molecular formula is C14H24NO2Si. The van der Waals surface area contributed by atoms with E-state index in [0.29, 0.717) is 13.2 Å². The van der Waals surface area contributed by atoms with Crippen molar-refractivity contribution < 1.29 is 8.85 Å². The van der Waals surface area contributed by atoms with Gasteiger partial charge in [-0.25, -0.2) is 0 Å². The Morgan fingerprint density at radius 3 is 2.28 bits per heavy atom. The van der Waals surface area contributed by atoms with Gasteiger partial charge in [-0.05, 0) is 25.8 Å². The fourth-order valence-electron chi connectivity index (χ4n) is 1.93. The van der Waals surface area contributed by atoms with Crippen LogP contribution in [-0.2, 0) is 8.85 Å². The minimum Gasteiger partial charge on any atom is -0.390 e. The lowest BCUT2D eigenvalue weighted by Gasteiger charge is -2.20. The third-order valence-corrected chi connectivity index (χ3v) is 4.73. The average molecular weight is 266 g/mol. The minimum atomic E-state index is -1.40. The molecule has 0 aliphatic rings. The monoisotopic (exact) mass is 266 g/mol. The molecule has 0 saturated heterocycles. The molecular weight excluding hydrogens is 242 g/mol. The van der Waals surface area contributed by atoms with Crippen LogP contribution in [0.15, 0.2) is 24.3 Å². The van der Waals surface area contributed by atoms with E-state index in [1.165, 1.54) is 5.56 Å². The fraction of sp³-hybridized carbons (Fsp3) is 0.571. The van der Waals surface area contributed by atoms with Gasteiger partial charge in [0, 0.05) is 24.4 Å². The molecule has 1 aromatic carbocycles. The van der Waals surface area contributed by atoms with Crippen molar-refractivity contribution in [2.45, 2.75) is 39.7 Å². The Labute approximate surface area is 112 Å². The molecule has 0 bridgehead atoms. The maximum atomic E-state index is 6.24. The third-order valence-electron chi connectivity index (χ3n) is 2.73. The predicted octanol–water partition coefficient (Wildman–Crippen LogP) is 2.25. The van der Waals surface area contributed by atoms with Gasteiger partial charge in [0.1, 0.15) is 0 Å². The average Bonchev–Trinajstić information content (AvgIpc) is 2.39. The van der Waals surface area contributed by atoms with Crippen molar-refractivity contribution >= 4 is 14.5 Å². The molecule has 0 aliphatic heterocycles. The number of benzene rings is 1. The molecule has 18 heavy (non-hydrogen) atoms. The highest BCUT2D eigenvalue weighted by molar-refractivity contribution is 6.61. The summed E-state index contributed by atoms with van der Waals surface area (Å²) < 4.78 is 11.5. The molecule has 1 aromatic rings. The van der Waals surface area contributed by atoms with Crippen LogP contribution >= 0.6 is 0 Å². The molecule has 4 heteroatoms. The van der Waals surface area contributed by atoms with Crippen molar-refractivity contribution in [2.75, 3.05) is 13.2 Å². The Morgan fingerprint density at radius 2 is 1.72 bits per heavy atom. The van der Waals surface area contributed by atoms with E-state index in [0.717, 1.165) is 18.0 Å². The second kappa shape index (κ2) is 8.42. The molecule has 3 nitrogen and oxygen atoms in total. The molecule has 101 valence electrons. The SMILES string of the molecule is CCCC(N)c1ccccc1[Si](OCC)OCC. The molecule has 0 amide bonds. The van der Waals surface area contributed by atoms with Crippen LogP contribution in [-0.4, -0.2) is 22.5 Å². The van der Waals surface area contributed by atoms with Gasteiger partial charge in [0.15, 0.2) is 0 Å². The zero-order valence-corrected chi connectivity index (χ0v) is 12.6. The van der Waals surface area contributed by atoms with E-state index in [9.17, 15) is 0 Å². The van der Waals surface area contributed by atoms with Gasteiger partial charge < -0.3 is 14.6 Å². The van der Waals surface area contributed by atoms with Gasteiger partial charge in [-0.1, -0.05) is 37.6 Å². The van der Waals surface area contributed by atoms with E-state index >= 15 is 0 Å². The maximum absolute atomic E-state index is 6.24. The van der Waals surface area contributed by atoms with Crippen molar-refractivity contribution in [1.82, 2.24) is 0 Å². The minimum absolute atomic E-state index is 0.0760. The van der Waals surface area contributed by atoms with Gasteiger partial charge in [-0.15, -0.1) is 0 Å². The van der Waals surface area contributed by atoms with Gasteiger partial charge >= 0.3 is 9.28 Å². The summed E-state index contributed by atoms with van der Waals surface area (Å²) in [5, 5.41) is 1.16. The van der Waals surface area contributed by atoms with Crippen LogP contribution in [0.25, 0.3) is 0 Å². The quantitative estimate of drug-likeness (QED) is 0.734. The second-order valence-corrected chi connectivity index (χ2v) is 5.83. The summed E-state index contributed by atoms with van der Waals surface area (Å²) in [5.41, 5.74) is 7.42. The van der Waals surface area contributed by atoms with Crippen LogP contribution in [0.1, 0.15) is 45.2 Å². The van der Waals surface area contributed by atoms with E-state index < -0.39 is 9.28 Å². The fourth-order valence-corrected chi connectivity index (χ4v) is 3.59. The molecule has 1 atom stereocenters. The largest absolute Gasteiger partial charge is 0.423 e. The van der Waals surface area contributed by atoms with Crippen LogP contribution in [0.4, 0.5) is 0 Å². The van der Waals surface area contributed by atoms with Gasteiger partial charge in [-0.3, -0.25) is 0 Å². The van der Waals surface area contributed by atoms with E-state index in [4.69, 9.17) is 14.6 Å². The molecule has 0 heterocycles. The summed E-state index contributed by atoms with van der Waals surface area (Å²) in [5.74, 6) is 0. The van der Waals surface area contributed by atoms with Crippen molar-refractivity contribution in [3.05, 3.63) is 29.8 Å². The maximum Gasteiger partial charge on any atom is 0.423 e. The standard InChI is InChI=1S/C14H24NO2Si/c1-4-9-13(15)12-10-7-8-11-14(12)18(16-5-2)17-6-3/h7-8,10-11,13H,4-6,9,15H2,1-3H3. The lowest BCUT2D eigenvalue weighted by atomic mass is 10.0. The second-order valence-electron chi connectivity index (χ2n) is 4.14. The predicted molar refractivity (Wildman–Crippen MR) is 76.9 cm³/mol. The van der Waals surface area contributed by atoms with Crippen molar-refractivity contribution in [2.24, 2.45) is 5.73 Å². The van der Waals surface area contributed by atoms with Crippen LogP contribution < -0.4 is 10.9 Å². The van der Waals surface area contributed by atoms with Crippen molar-refractivity contribution in [1.29, 1.82) is 0 Å². The van der Waals surface area contributed by atoms with Crippen molar-refractivity contribution in [3.63, 3.8) is 0 Å². The lowest BCUT2D eigenvalue weighted by Crippen LogP contribution is -2.40. The number of rotatable bonds is 8. The van der Waals surface area contributed by atoms with E-state index in [1.54, 1.807) is 0 Å². The van der Waals surface area contributed by atoms with Crippen LogP contribution in [0.3, 0.4) is 0 Å². The normalized spacial score (nSPS) is 12.9. The third kappa shape index (κ3) is 4.21. The Kier molecular flexibility index (Phi) is 7.20. The smallest absolute Gasteiger partial charge is 0.390 e. The van der Waals surface area contributed by atoms with Crippen molar-refractivity contribution in [3.8, 4) is 0 Å². The summed E-state index contributed by atoms with van der Waals surface area (Å²) in [6, 6.07) is 8.32. The van der Waals surface area contributed by atoms with E-state index in [1.807, 2.05) is 26.0 Å². The highest BCUT2D eigenvalue weighted by Gasteiger charge is 2.23. The van der Waals surface area contributed by atoms with Crippen LogP contribution in [0.2, 0.25) is 0 Å². The Balaban J connectivity index is 2.97. The molecule has 1 unspecified atom stereocenters. The summed E-state index contributed by atoms with van der Waals surface area (Å²) in [4.78, 5) is 0. The van der Waals surface area contributed by atoms with Gasteiger partial charge in [0.05, 0.1) is 0 Å². The molecule has 2 N–H and O–H groups in total. The first-order valence-corrected chi connectivity index (χ1v) is 8.03. The van der Waals surface area contributed by atoms with Gasteiger partial charge in [0.25, 0.3) is 0 Å². The number of hydrogen-bond acceptors (Lipinski definition) is 3. The molecule has 1 rings (SSSR count). The first-order valence-electron chi connectivity index (χ1n) is 6.71. The van der Waals surface area contributed by atoms with Gasteiger partial charge in [-0.2, -0.15) is 0 Å². The summed E-state index contributed by atoms with van der Waals surface area (Å²) in [7, 11) is -1.40. The van der Waals surface area contributed by atoms with E-state index in [2.05, 4.69) is 19.1 Å². The zero-order chi connectivity index (χ0) is 13.4. The number of hydrogen-bond donors (Lipinski definition) is 1. The number of nitrogens with two attached hydrogens (primary N) is 1. The van der Waals surface area contributed by atoms with E-state index in [-0.39, 0.29) is 6.04 Å². The molecule has 0 aliphatic carbocycles. The van der Waals surface area contributed by atoms with Gasteiger partial charge in [0.2, 0.25) is 0 Å². The summed E-state index contributed by atoms with van der Waals surface area (Å²) >= 11 is 0. The van der Waals surface area contributed by atoms with Crippen LogP contribution in [0, 0.1) is 0 Å². The Morgan fingerprint density at radius 1 is 1.11 bits per heavy atom. The van der Waals surface area contributed by atoms with Crippen LogP contribution in [0.5, 0.6) is 0 Å². The lowest BCUT2D eigenvalue weighted by molar-refractivity contribution is 0.225. The Hall–Kier alpha value is -0.683. The summed E-state index contributed by atoms with van der Waals surface area (Å²) in [6.45, 7) is 7.49. The first kappa shape index (κ1) is 15.4. The molecule has 0 saturated carbocycles. The summed E-state index contributed by atoms with van der Waals surface area (Å²) in [6.07, 6.45) is 2.07. The first-order chi connectivity index (χ1) is 8.74. The highest BCUT2D eigenvalue weighted by Crippen LogP contribution is 2.14. The Bertz CT molecular complexity index is 340. The molecule has 0 aromatic heterocycles. The molecule has 0 spiro atoms. The zero-order valence-electron chi connectivity index (χ0n) is 11.6.